The van der Waals surface area contributed by atoms with Crippen LogP contribution in [-0.4, -0.2) is 25.6 Å². The Morgan fingerprint density at radius 1 is 1.22 bits per heavy atom. The molecule has 0 spiro atoms. The molecular formula is C18H15FN2O5S. The first-order chi connectivity index (χ1) is 12.8. The molecule has 7 nitrogen and oxygen atoms in total. The molecule has 1 N–H and O–H groups in total. The molecule has 0 radical (unpaired) electrons. The van der Waals surface area contributed by atoms with Crippen molar-refractivity contribution in [2.24, 2.45) is 0 Å². The number of esters is 1. The van der Waals surface area contributed by atoms with Crippen LogP contribution in [0.2, 0.25) is 0 Å². The van der Waals surface area contributed by atoms with Crippen molar-refractivity contribution < 1.29 is 26.8 Å². The van der Waals surface area contributed by atoms with Crippen LogP contribution in [0.4, 0.5) is 10.1 Å². The minimum Gasteiger partial charge on any atom is -0.452 e. The first-order valence-electron chi connectivity index (χ1n) is 7.76. The van der Waals surface area contributed by atoms with Crippen molar-refractivity contribution in [2.75, 3.05) is 11.0 Å². The number of carbonyl (C=O) groups excluding carboxylic acids is 1. The van der Waals surface area contributed by atoms with Gasteiger partial charge >= 0.3 is 5.97 Å². The summed E-state index contributed by atoms with van der Waals surface area (Å²) in [6, 6.07) is 11.6. The van der Waals surface area contributed by atoms with Gasteiger partial charge in [0.1, 0.15) is 5.82 Å². The Bertz CT molecular complexity index is 1060. The SMILES string of the molecule is CS(=O)(=O)Nc1cccc(C(=O)OCc2ncc(-c3ccc(F)cc3)o2)c1. The predicted octanol–water partition coefficient (Wildman–Crippen LogP) is 3.21. The van der Waals surface area contributed by atoms with Crippen molar-refractivity contribution in [3.8, 4) is 11.3 Å². The van der Waals surface area contributed by atoms with Gasteiger partial charge < -0.3 is 9.15 Å². The predicted molar refractivity (Wildman–Crippen MR) is 95.9 cm³/mol. The summed E-state index contributed by atoms with van der Waals surface area (Å²) >= 11 is 0. The van der Waals surface area contributed by atoms with E-state index in [0.717, 1.165) is 6.26 Å². The molecule has 0 atom stereocenters. The maximum absolute atomic E-state index is 13.0. The molecule has 0 fully saturated rings. The second-order valence-corrected chi connectivity index (χ2v) is 7.40. The van der Waals surface area contributed by atoms with Gasteiger partial charge in [-0.15, -0.1) is 0 Å². The summed E-state index contributed by atoms with van der Waals surface area (Å²) in [5.74, 6) is -0.429. The van der Waals surface area contributed by atoms with Crippen LogP contribution in [0.5, 0.6) is 0 Å². The summed E-state index contributed by atoms with van der Waals surface area (Å²) in [4.78, 5) is 16.2. The standard InChI is InChI=1S/C18H15FN2O5S/c1-27(23,24)21-15-4-2-3-13(9-15)18(22)25-11-17-20-10-16(26-17)12-5-7-14(19)8-6-12/h2-10,21H,11H2,1H3. The van der Waals surface area contributed by atoms with E-state index < -0.39 is 16.0 Å². The lowest BCUT2D eigenvalue weighted by atomic mass is 10.2. The van der Waals surface area contributed by atoms with Crippen molar-refractivity contribution in [1.29, 1.82) is 0 Å². The Morgan fingerprint density at radius 2 is 1.96 bits per heavy atom. The number of sulfonamides is 1. The van der Waals surface area contributed by atoms with E-state index in [4.69, 9.17) is 9.15 Å². The zero-order valence-corrected chi connectivity index (χ0v) is 15.0. The molecule has 9 heteroatoms. The first-order valence-corrected chi connectivity index (χ1v) is 9.65. The number of aromatic nitrogens is 1. The number of nitrogens with zero attached hydrogens (tertiary/aromatic N) is 1. The van der Waals surface area contributed by atoms with E-state index in [2.05, 4.69) is 9.71 Å². The van der Waals surface area contributed by atoms with Crippen LogP contribution in [0.3, 0.4) is 0 Å². The summed E-state index contributed by atoms with van der Waals surface area (Å²) < 4.78 is 48.4. The van der Waals surface area contributed by atoms with Gasteiger partial charge in [0.2, 0.25) is 15.9 Å². The van der Waals surface area contributed by atoms with E-state index >= 15 is 0 Å². The highest BCUT2D eigenvalue weighted by atomic mass is 32.2. The van der Waals surface area contributed by atoms with Gasteiger partial charge in [0.05, 0.1) is 18.0 Å². The van der Waals surface area contributed by atoms with Gasteiger partial charge in [0.25, 0.3) is 0 Å². The van der Waals surface area contributed by atoms with Gasteiger partial charge in [-0.05, 0) is 42.5 Å². The Balaban J connectivity index is 1.64. The highest BCUT2D eigenvalue weighted by Gasteiger charge is 2.12. The van der Waals surface area contributed by atoms with Crippen molar-refractivity contribution >= 4 is 21.7 Å². The fourth-order valence-electron chi connectivity index (χ4n) is 2.26. The van der Waals surface area contributed by atoms with Gasteiger partial charge in [-0.1, -0.05) is 6.07 Å². The summed E-state index contributed by atoms with van der Waals surface area (Å²) in [5.41, 5.74) is 1.07. The van der Waals surface area contributed by atoms with E-state index in [0.29, 0.717) is 11.3 Å². The number of benzene rings is 2. The van der Waals surface area contributed by atoms with Gasteiger partial charge in [-0.3, -0.25) is 4.72 Å². The average molecular weight is 390 g/mol. The molecule has 140 valence electrons. The van der Waals surface area contributed by atoms with Crippen LogP contribution in [0, 0.1) is 5.82 Å². The quantitative estimate of drug-likeness (QED) is 0.649. The fourth-order valence-corrected chi connectivity index (χ4v) is 2.81. The summed E-state index contributed by atoms with van der Waals surface area (Å²) in [6.45, 7) is -0.205. The molecule has 2 aromatic carbocycles. The molecule has 0 saturated heterocycles. The van der Waals surface area contributed by atoms with Crippen LogP contribution < -0.4 is 4.72 Å². The van der Waals surface area contributed by atoms with Crippen molar-refractivity contribution in [3.63, 3.8) is 0 Å². The minimum absolute atomic E-state index is 0.174. The highest BCUT2D eigenvalue weighted by Crippen LogP contribution is 2.21. The van der Waals surface area contributed by atoms with Crippen LogP contribution in [0.25, 0.3) is 11.3 Å². The van der Waals surface area contributed by atoms with Gasteiger partial charge in [0, 0.05) is 11.3 Å². The molecule has 0 amide bonds. The van der Waals surface area contributed by atoms with E-state index in [9.17, 15) is 17.6 Å². The fraction of sp³-hybridized carbons (Fsp3) is 0.111. The normalized spacial score (nSPS) is 11.2. The second kappa shape index (κ2) is 7.58. The van der Waals surface area contributed by atoms with E-state index in [-0.39, 0.29) is 29.6 Å². The lowest BCUT2D eigenvalue weighted by molar-refractivity contribution is 0.0439. The molecule has 27 heavy (non-hydrogen) atoms. The molecule has 1 aromatic heterocycles. The van der Waals surface area contributed by atoms with Crippen LogP contribution >= 0.6 is 0 Å². The lowest BCUT2D eigenvalue weighted by Crippen LogP contribution is -2.11. The van der Waals surface area contributed by atoms with E-state index in [1.165, 1.54) is 42.6 Å². The van der Waals surface area contributed by atoms with Crippen molar-refractivity contribution in [3.05, 3.63) is 72.0 Å². The molecule has 1 heterocycles. The molecular weight excluding hydrogens is 375 g/mol. The Hall–Kier alpha value is -3.20. The van der Waals surface area contributed by atoms with Crippen molar-refractivity contribution in [2.45, 2.75) is 6.61 Å². The second-order valence-electron chi connectivity index (χ2n) is 5.66. The third-order valence-corrected chi connectivity index (χ3v) is 4.02. The summed E-state index contributed by atoms with van der Waals surface area (Å²) in [6.07, 6.45) is 2.46. The molecule has 3 rings (SSSR count). The average Bonchev–Trinajstić information content (AvgIpc) is 3.08. The number of carbonyl (C=O) groups is 1. The topological polar surface area (TPSA) is 98.5 Å². The van der Waals surface area contributed by atoms with E-state index in [1.807, 2.05) is 0 Å². The third kappa shape index (κ3) is 5.14. The molecule has 0 unspecified atom stereocenters. The maximum atomic E-state index is 13.0. The molecule has 0 aliphatic heterocycles. The zero-order valence-electron chi connectivity index (χ0n) is 14.2. The van der Waals surface area contributed by atoms with Crippen molar-refractivity contribution in [1.82, 2.24) is 4.98 Å². The number of halogens is 1. The highest BCUT2D eigenvalue weighted by molar-refractivity contribution is 7.92. The Labute approximate surface area is 154 Å². The zero-order chi connectivity index (χ0) is 19.4. The molecule has 0 bridgehead atoms. The number of oxazole rings is 1. The summed E-state index contributed by atoms with van der Waals surface area (Å²) in [5, 5.41) is 0. The van der Waals surface area contributed by atoms with Crippen LogP contribution in [0.1, 0.15) is 16.2 Å². The first kappa shape index (κ1) is 18.6. The smallest absolute Gasteiger partial charge is 0.338 e. The Kier molecular flexibility index (Phi) is 5.22. The minimum atomic E-state index is -3.45. The largest absolute Gasteiger partial charge is 0.452 e. The number of ether oxygens (including phenoxy) is 1. The van der Waals surface area contributed by atoms with Crippen LogP contribution in [0.15, 0.2) is 59.1 Å². The molecule has 3 aromatic rings. The number of nitrogens with one attached hydrogen (secondary N) is 1. The van der Waals surface area contributed by atoms with Gasteiger partial charge in [-0.2, -0.15) is 0 Å². The number of hydrogen-bond acceptors (Lipinski definition) is 6. The lowest BCUT2D eigenvalue weighted by Gasteiger charge is -2.06. The maximum Gasteiger partial charge on any atom is 0.338 e. The van der Waals surface area contributed by atoms with E-state index in [1.54, 1.807) is 12.1 Å². The summed E-state index contributed by atoms with van der Waals surface area (Å²) in [7, 11) is -3.45. The van der Waals surface area contributed by atoms with Gasteiger partial charge in [-0.25, -0.2) is 22.6 Å². The number of anilines is 1. The number of rotatable bonds is 6. The molecule has 0 saturated carbocycles. The Morgan fingerprint density at radius 3 is 2.67 bits per heavy atom. The molecule has 0 aliphatic carbocycles. The van der Waals surface area contributed by atoms with Gasteiger partial charge in [0.15, 0.2) is 12.4 Å². The monoisotopic (exact) mass is 390 g/mol. The third-order valence-electron chi connectivity index (χ3n) is 3.41. The molecule has 0 aliphatic rings. The number of hydrogen-bond donors (Lipinski definition) is 1. The van der Waals surface area contributed by atoms with Crippen LogP contribution in [-0.2, 0) is 21.4 Å².